The lowest BCUT2D eigenvalue weighted by Crippen LogP contribution is -1.99. The number of hydrogen-bond acceptors (Lipinski definition) is 3. The number of aryl methyl sites for hydroxylation is 1. The summed E-state index contributed by atoms with van der Waals surface area (Å²) >= 11 is 0. The molecule has 0 unspecified atom stereocenters. The smallest absolute Gasteiger partial charge is 0.335 e. The number of benzene rings is 1. The van der Waals surface area contributed by atoms with Gasteiger partial charge in [0, 0.05) is 0 Å². The predicted octanol–water partition coefficient (Wildman–Crippen LogP) is 1.89. The van der Waals surface area contributed by atoms with Gasteiger partial charge in [-0.05, 0) is 25.1 Å². The van der Waals surface area contributed by atoms with E-state index in [0.717, 1.165) is 22.4 Å². The number of carboxylic acids is 1. The van der Waals surface area contributed by atoms with Crippen LogP contribution in [0.15, 0.2) is 30.6 Å². The minimum Gasteiger partial charge on any atom is -0.478 e. The molecule has 0 spiro atoms. The van der Waals surface area contributed by atoms with Crippen LogP contribution >= 0.6 is 0 Å². The zero-order chi connectivity index (χ0) is 12.0. The van der Waals surface area contributed by atoms with Crippen molar-refractivity contribution >= 4 is 22.5 Å². The minimum absolute atomic E-state index is 0.250. The first-order chi connectivity index (χ1) is 8.16. The van der Waals surface area contributed by atoms with Gasteiger partial charge < -0.3 is 5.11 Å². The summed E-state index contributed by atoms with van der Waals surface area (Å²) in [5.41, 5.74) is 2.62. The van der Waals surface area contributed by atoms with Crippen molar-refractivity contribution in [1.29, 1.82) is 0 Å². The Hall–Kier alpha value is -2.43. The van der Waals surface area contributed by atoms with E-state index < -0.39 is 5.97 Å². The maximum atomic E-state index is 11.0. The van der Waals surface area contributed by atoms with Crippen molar-refractivity contribution in [1.82, 2.24) is 14.4 Å². The second-order valence-electron chi connectivity index (χ2n) is 3.83. The van der Waals surface area contributed by atoms with Gasteiger partial charge >= 0.3 is 5.97 Å². The van der Waals surface area contributed by atoms with Crippen molar-refractivity contribution in [3.63, 3.8) is 0 Å². The molecule has 5 heteroatoms. The van der Waals surface area contributed by atoms with Crippen LogP contribution in [0.5, 0.6) is 0 Å². The molecule has 2 heterocycles. The number of imidazole rings is 1. The van der Waals surface area contributed by atoms with Crippen LogP contribution in [-0.2, 0) is 0 Å². The van der Waals surface area contributed by atoms with Gasteiger partial charge in [0.1, 0.15) is 5.82 Å². The molecule has 0 fully saturated rings. The fourth-order valence-electron chi connectivity index (χ4n) is 1.95. The molecule has 0 amide bonds. The van der Waals surface area contributed by atoms with Crippen LogP contribution in [0.3, 0.4) is 0 Å². The van der Waals surface area contributed by atoms with Crippen molar-refractivity contribution in [3.8, 4) is 0 Å². The predicted molar refractivity (Wildman–Crippen MR) is 62.2 cm³/mol. The number of carbonyl (C=O) groups is 1. The fraction of sp³-hybridized carbons (Fsp3) is 0.0833. The summed E-state index contributed by atoms with van der Waals surface area (Å²) in [4.78, 5) is 19.4. The van der Waals surface area contributed by atoms with Crippen molar-refractivity contribution in [3.05, 3.63) is 42.0 Å². The Morgan fingerprint density at radius 2 is 2.06 bits per heavy atom. The molecule has 1 aromatic carbocycles. The summed E-state index contributed by atoms with van der Waals surface area (Å²) in [6.45, 7) is 1.87. The highest BCUT2D eigenvalue weighted by Gasteiger charge is 2.08. The average Bonchev–Trinajstić information content (AvgIpc) is 2.70. The molecule has 0 aliphatic carbocycles. The molecule has 1 N–H and O–H groups in total. The molecule has 0 aliphatic rings. The number of aromatic nitrogens is 3. The molecule has 0 bridgehead atoms. The zero-order valence-corrected chi connectivity index (χ0v) is 9.08. The molecular formula is C12H9N3O2. The highest BCUT2D eigenvalue weighted by molar-refractivity contribution is 5.92. The highest BCUT2D eigenvalue weighted by atomic mass is 16.4. The van der Waals surface area contributed by atoms with Gasteiger partial charge in [-0.1, -0.05) is 0 Å². The van der Waals surface area contributed by atoms with Crippen LogP contribution in [0, 0.1) is 6.92 Å². The molecular weight excluding hydrogens is 218 g/mol. The minimum atomic E-state index is -0.943. The van der Waals surface area contributed by atoms with Crippen molar-refractivity contribution in [2.75, 3.05) is 0 Å². The van der Waals surface area contributed by atoms with Crippen molar-refractivity contribution in [2.45, 2.75) is 6.92 Å². The lowest BCUT2D eigenvalue weighted by Gasteiger charge is -2.04. The number of rotatable bonds is 1. The van der Waals surface area contributed by atoms with Gasteiger partial charge in [-0.15, -0.1) is 0 Å². The third-order valence-corrected chi connectivity index (χ3v) is 2.76. The maximum absolute atomic E-state index is 11.0. The summed E-state index contributed by atoms with van der Waals surface area (Å²) in [5, 5.41) is 8.99. The normalized spacial score (nSPS) is 11.1. The molecule has 3 aromatic rings. The zero-order valence-electron chi connectivity index (χ0n) is 9.08. The SMILES string of the molecule is Cc1ncc2cnc3ccc(C(=O)O)cc3n12. The van der Waals surface area contributed by atoms with Crippen LogP contribution in [-0.4, -0.2) is 25.4 Å². The van der Waals surface area contributed by atoms with Crippen LogP contribution in [0.1, 0.15) is 16.2 Å². The average molecular weight is 227 g/mol. The third kappa shape index (κ3) is 1.36. The molecule has 84 valence electrons. The Bertz CT molecular complexity index is 746. The largest absolute Gasteiger partial charge is 0.478 e. The monoisotopic (exact) mass is 227 g/mol. The Kier molecular flexibility index (Phi) is 1.89. The second kappa shape index (κ2) is 3.28. The lowest BCUT2D eigenvalue weighted by atomic mass is 10.2. The van der Waals surface area contributed by atoms with E-state index in [4.69, 9.17) is 5.11 Å². The number of hydrogen-bond donors (Lipinski definition) is 1. The third-order valence-electron chi connectivity index (χ3n) is 2.76. The summed E-state index contributed by atoms with van der Waals surface area (Å²) < 4.78 is 1.90. The van der Waals surface area contributed by atoms with E-state index in [1.165, 1.54) is 0 Å². The van der Waals surface area contributed by atoms with Gasteiger partial charge in [0.05, 0.1) is 34.5 Å². The summed E-state index contributed by atoms with van der Waals surface area (Å²) in [6.07, 6.45) is 3.44. The van der Waals surface area contributed by atoms with Gasteiger partial charge in [0.2, 0.25) is 0 Å². The Labute approximate surface area is 96.4 Å². The van der Waals surface area contributed by atoms with Gasteiger partial charge in [0.25, 0.3) is 0 Å². The summed E-state index contributed by atoms with van der Waals surface area (Å²) in [7, 11) is 0. The van der Waals surface area contributed by atoms with E-state index in [-0.39, 0.29) is 5.56 Å². The van der Waals surface area contributed by atoms with Crippen molar-refractivity contribution < 1.29 is 9.90 Å². The number of aromatic carboxylic acids is 1. The standard InChI is InChI=1S/C12H9N3O2/c1-7-13-5-9-6-14-10-3-2-8(12(16)17)4-11(10)15(7)9/h2-6H,1H3,(H,16,17). The fourth-order valence-corrected chi connectivity index (χ4v) is 1.95. The number of carboxylic acid groups (broad SMARTS) is 1. The topological polar surface area (TPSA) is 67.5 Å². The molecule has 0 atom stereocenters. The van der Waals surface area contributed by atoms with Crippen LogP contribution in [0.4, 0.5) is 0 Å². The second-order valence-corrected chi connectivity index (χ2v) is 3.83. The Morgan fingerprint density at radius 1 is 1.29 bits per heavy atom. The molecule has 0 aliphatic heterocycles. The molecule has 2 aromatic heterocycles. The van der Waals surface area contributed by atoms with Crippen molar-refractivity contribution in [2.24, 2.45) is 0 Å². The number of fused-ring (bicyclic) bond motifs is 3. The van der Waals surface area contributed by atoms with Gasteiger partial charge in [0.15, 0.2) is 0 Å². The number of nitrogens with zero attached hydrogens (tertiary/aromatic N) is 3. The maximum Gasteiger partial charge on any atom is 0.335 e. The molecule has 5 nitrogen and oxygen atoms in total. The quantitative estimate of drug-likeness (QED) is 0.689. The first-order valence-corrected chi connectivity index (χ1v) is 5.13. The molecule has 3 rings (SSSR count). The molecule has 0 radical (unpaired) electrons. The van der Waals surface area contributed by atoms with Crippen LogP contribution < -0.4 is 0 Å². The van der Waals surface area contributed by atoms with Gasteiger partial charge in [-0.2, -0.15) is 0 Å². The van der Waals surface area contributed by atoms with E-state index >= 15 is 0 Å². The lowest BCUT2D eigenvalue weighted by molar-refractivity contribution is 0.0697. The molecule has 17 heavy (non-hydrogen) atoms. The first-order valence-electron chi connectivity index (χ1n) is 5.13. The summed E-state index contributed by atoms with van der Waals surface area (Å²) in [5.74, 6) is -0.128. The van der Waals surface area contributed by atoms with E-state index in [1.54, 1.807) is 30.6 Å². The van der Waals surface area contributed by atoms with E-state index in [2.05, 4.69) is 9.97 Å². The van der Waals surface area contributed by atoms with Crippen LogP contribution in [0.2, 0.25) is 0 Å². The first kappa shape index (κ1) is 9.77. The van der Waals surface area contributed by atoms with Gasteiger partial charge in [-0.3, -0.25) is 9.38 Å². The van der Waals surface area contributed by atoms with E-state index in [0.29, 0.717) is 0 Å². The molecule has 0 saturated carbocycles. The Morgan fingerprint density at radius 3 is 2.82 bits per heavy atom. The van der Waals surface area contributed by atoms with E-state index in [1.807, 2.05) is 11.3 Å². The Balaban J connectivity index is 2.49. The van der Waals surface area contributed by atoms with Crippen LogP contribution in [0.25, 0.3) is 16.6 Å². The van der Waals surface area contributed by atoms with Gasteiger partial charge in [-0.25, -0.2) is 9.78 Å². The summed E-state index contributed by atoms with van der Waals surface area (Å²) in [6, 6.07) is 4.87. The van der Waals surface area contributed by atoms with E-state index in [9.17, 15) is 4.79 Å². The highest BCUT2D eigenvalue weighted by Crippen LogP contribution is 2.18. The molecule has 0 saturated heterocycles.